The number of hydrogen-bond donors (Lipinski definition) is 1. The standard InChI is InChI=1S/C13H10ClF2NO3/c14-9-4-11(16)10(15)3-7(9)12(18)8(13(19)20)5-17-6-1-2-6/h3-6,8H,1-2H2,(H,19,20). The molecule has 0 amide bonds. The summed E-state index contributed by atoms with van der Waals surface area (Å²) in [6, 6.07) is 1.28. The number of Topliss-reactive ketones (excluding diaryl/α,β-unsaturated/α-hetero) is 1. The van der Waals surface area contributed by atoms with Crippen molar-refractivity contribution in [2.24, 2.45) is 10.9 Å². The molecule has 1 atom stereocenters. The molecule has 1 aromatic carbocycles. The Morgan fingerprint density at radius 2 is 1.95 bits per heavy atom. The highest BCUT2D eigenvalue weighted by Crippen LogP contribution is 2.25. The number of carbonyl (C=O) groups is 2. The van der Waals surface area contributed by atoms with Gasteiger partial charge < -0.3 is 5.11 Å². The molecule has 0 bridgehead atoms. The fourth-order valence-electron chi connectivity index (χ4n) is 1.55. The molecule has 1 aromatic rings. The monoisotopic (exact) mass is 301 g/mol. The van der Waals surface area contributed by atoms with Crippen LogP contribution >= 0.6 is 11.6 Å². The van der Waals surface area contributed by atoms with Gasteiger partial charge in [-0.3, -0.25) is 14.6 Å². The molecule has 1 aliphatic carbocycles. The van der Waals surface area contributed by atoms with Crippen LogP contribution in [0.4, 0.5) is 8.78 Å². The maximum absolute atomic E-state index is 13.1. The lowest BCUT2D eigenvalue weighted by atomic mass is 9.98. The summed E-state index contributed by atoms with van der Waals surface area (Å²) in [4.78, 5) is 27.1. The molecule has 0 aliphatic heterocycles. The zero-order valence-electron chi connectivity index (χ0n) is 10.1. The van der Waals surface area contributed by atoms with Crippen LogP contribution in [0.1, 0.15) is 23.2 Å². The summed E-state index contributed by atoms with van der Waals surface area (Å²) < 4.78 is 26.1. The quantitative estimate of drug-likeness (QED) is 0.393. The molecule has 1 unspecified atom stereocenters. The van der Waals surface area contributed by atoms with Crippen molar-refractivity contribution in [1.82, 2.24) is 0 Å². The normalized spacial score (nSPS) is 16.4. The predicted molar refractivity (Wildman–Crippen MR) is 68.3 cm³/mol. The van der Waals surface area contributed by atoms with Gasteiger partial charge in [0.2, 0.25) is 0 Å². The number of hydrogen-bond acceptors (Lipinski definition) is 3. The number of carboxylic acids is 1. The summed E-state index contributed by atoms with van der Waals surface area (Å²) in [7, 11) is 0. The lowest BCUT2D eigenvalue weighted by Crippen LogP contribution is -2.26. The van der Waals surface area contributed by atoms with Crippen molar-refractivity contribution in [3.63, 3.8) is 0 Å². The van der Waals surface area contributed by atoms with Crippen LogP contribution in [0.25, 0.3) is 0 Å². The fraction of sp³-hybridized carbons (Fsp3) is 0.308. The summed E-state index contributed by atoms with van der Waals surface area (Å²) in [5.41, 5.74) is -0.375. The van der Waals surface area contributed by atoms with Crippen molar-refractivity contribution in [2.75, 3.05) is 0 Å². The number of carboxylic acid groups (broad SMARTS) is 1. The molecule has 106 valence electrons. The van der Waals surface area contributed by atoms with E-state index < -0.39 is 29.3 Å². The highest BCUT2D eigenvalue weighted by atomic mass is 35.5. The van der Waals surface area contributed by atoms with Gasteiger partial charge in [-0.15, -0.1) is 0 Å². The highest BCUT2D eigenvalue weighted by Gasteiger charge is 2.29. The topological polar surface area (TPSA) is 66.7 Å². The average Bonchev–Trinajstić information content (AvgIpc) is 3.17. The largest absolute Gasteiger partial charge is 0.480 e. The Kier molecular flexibility index (Phi) is 4.13. The van der Waals surface area contributed by atoms with Gasteiger partial charge >= 0.3 is 5.97 Å². The first-order valence-corrected chi connectivity index (χ1v) is 6.23. The number of halogens is 3. The SMILES string of the molecule is O=C(O)C(C=NC1CC1)C(=O)c1cc(F)c(F)cc1Cl. The maximum atomic E-state index is 13.1. The van der Waals surface area contributed by atoms with E-state index in [0.717, 1.165) is 19.1 Å². The van der Waals surface area contributed by atoms with E-state index in [1.165, 1.54) is 0 Å². The number of rotatable bonds is 5. The number of aliphatic imine (C=N–C) groups is 1. The Bertz CT molecular complexity index is 600. The molecule has 0 aromatic heterocycles. The van der Waals surface area contributed by atoms with Crippen LogP contribution in [0, 0.1) is 17.6 Å². The van der Waals surface area contributed by atoms with Gasteiger partial charge in [-0.1, -0.05) is 11.6 Å². The van der Waals surface area contributed by atoms with Gasteiger partial charge in [0.25, 0.3) is 0 Å². The minimum Gasteiger partial charge on any atom is -0.480 e. The van der Waals surface area contributed by atoms with Crippen molar-refractivity contribution in [1.29, 1.82) is 0 Å². The second kappa shape index (κ2) is 5.66. The van der Waals surface area contributed by atoms with E-state index >= 15 is 0 Å². The molecule has 0 radical (unpaired) electrons. The summed E-state index contributed by atoms with van der Waals surface area (Å²) in [6.45, 7) is 0. The lowest BCUT2D eigenvalue weighted by Gasteiger charge is -2.08. The molecule has 20 heavy (non-hydrogen) atoms. The zero-order chi connectivity index (χ0) is 14.9. The van der Waals surface area contributed by atoms with Crippen molar-refractivity contribution in [3.05, 3.63) is 34.4 Å². The van der Waals surface area contributed by atoms with Crippen LogP contribution < -0.4 is 0 Å². The van der Waals surface area contributed by atoms with Gasteiger partial charge in [0.1, 0.15) is 0 Å². The second-order valence-corrected chi connectivity index (χ2v) is 4.86. The van der Waals surface area contributed by atoms with E-state index in [-0.39, 0.29) is 16.6 Å². The van der Waals surface area contributed by atoms with E-state index in [2.05, 4.69) is 4.99 Å². The predicted octanol–water partition coefficient (Wildman–Crippen LogP) is 2.73. The molecule has 0 saturated heterocycles. The smallest absolute Gasteiger partial charge is 0.319 e. The molecule has 7 heteroatoms. The second-order valence-electron chi connectivity index (χ2n) is 4.46. The first-order valence-electron chi connectivity index (χ1n) is 5.85. The van der Waals surface area contributed by atoms with Crippen LogP contribution in [0.3, 0.4) is 0 Å². The molecule has 1 fully saturated rings. The Morgan fingerprint density at radius 1 is 1.35 bits per heavy atom. The van der Waals surface area contributed by atoms with Gasteiger partial charge in [0, 0.05) is 17.8 Å². The van der Waals surface area contributed by atoms with Crippen molar-refractivity contribution < 1.29 is 23.5 Å². The third kappa shape index (κ3) is 3.19. The molecule has 1 aliphatic rings. The van der Waals surface area contributed by atoms with E-state index in [4.69, 9.17) is 16.7 Å². The molecular weight excluding hydrogens is 292 g/mol. The van der Waals surface area contributed by atoms with Gasteiger partial charge in [0.15, 0.2) is 23.3 Å². The third-order valence-electron chi connectivity index (χ3n) is 2.82. The van der Waals surface area contributed by atoms with E-state index in [1.54, 1.807) is 0 Å². The Morgan fingerprint density at radius 3 is 2.50 bits per heavy atom. The summed E-state index contributed by atoms with van der Waals surface area (Å²) >= 11 is 5.66. The third-order valence-corrected chi connectivity index (χ3v) is 3.13. The average molecular weight is 302 g/mol. The van der Waals surface area contributed by atoms with Crippen LogP contribution in [0.15, 0.2) is 17.1 Å². The van der Waals surface area contributed by atoms with Gasteiger partial charge in [-0.2, -0.15) is 0 Å². The van der Waals surface area contributed by atoms with Crippen molar-refractivity contribution in [3.8, 4) is 0 Å². The van der Waals surface area contributed by atoms with Gasteiger partial charge in [-0.25, -0.2) is 8.78 Å². The van der Waals surface area contributed by atoms with Gasteiger partial charge in [0.05, 0.1) is 5.02 Å². The van der Waals surface area contributed by atoms with E-state index in [1.807, 2.05) is 0 Å². The minimum atomic E-state index is -1.56. The molecular formula is C13H10ClF2NO3. The zero-order valence-corrected chi connectivity index (χ0v) is 10.9. The Labute approximate surface area is 118 Å². The maximum Gasteiger partial charge on any atom is 0.319 e. The van der Waals surface area contributed by atoms with Crippen LogP contribution in [-0.2, 0) is 4.79 Å². The molecule has 1 N–H and O–H groups in total. The molecule has 2 rings (SSSR count). The Balaban J connectivity index is 2.31. The Hall–Kier alpha value is -1.82. The number of ketones is 1. The fourth-order valence-corrected chi connectivity index (χ4v) is 1.80. The van der Waals surface area contributed by atoms with Crippen molar-refractivity contribution in [2.45, 2.75) is 18.9 Å². The first-order chi connectivity index (χ1) is 9.40. The minimum absolute atomic E-state index is 0.0464. The number of carbonyl (C=O) groups excluding carboxylic acids is 1. The van der Waals surface area contributed by atoms with E-state index in [0.29, 0.717) is 12.1 Å². The number of aliphatic carboxylic acids is 1. The van der Waals surface area contributed by atoms with Gasteiger partial charge in [-0.05, 0) is 25.0 Å². The molecule has 0 heterocycles. The summed E-state index contributed by atoms with van der Waals surface area (Å²) in [6.07, 6.45) is 2.73. The van der Waals surface area contributed by atoms with E-state index in [9.17, 15) is 18.4 Å². The molecule has 1 saturated carbocycles. The lowest BCUT2D eigenvalue weighted by molar-refractivity contribution is -0.137. The molecule has 0 spiro atoms. The first kappa shape index (κ1) is 14.6. The number of nitrogens with zero attached hydrogens (tertiary/aromatic N) is 1. The van der Waals surface area contributed by atoms with Crippen LogP contribution in [0.2, 0.25) is 5.02 Å². The summed E-state index contributed by atoms with van der Waals surface area (Å²) in [5.74, 6) is -6.37. The summed E-state index contributed by atoms with van der Waals surface area (Å²) in [5, 5.41) is 8.70. The van der Waals surface area contributed by atoms with Crippen molar-refractivity contribution >= 4 is 29.6 Å². The van der Waals surface area contributed by atoms with Crippen LogP contribution in [-0.4, -0.2) is 29.1 Å². The van der Waals surface area contributed by atoms with Crippen LogP contribution in [0.5, 0.6) is 0 Å². The molecule has 4 nitrogen and oxygen atoms in total. The number of benzene rings is 1. The highest BCUT2D eigenvalue weighted by molar-refractivity contribution is 6.35.